The van der Waals surface area contributed by atoms with E-state index >= 15 is 0 Å². The normalized spacial score (nSPS) is 12.3. The number of benzene rings is 7. The van der Waals surface area contributed by atoms with E-state index in [4.69, 9.17) is 0 Å². The van der Waals surface area contributed by atoms with Gasteiger partial charge >= 0.3 is 0 Å². The summed E-state index contributed by atoms with van der Waals surface area (Å²) >= 11 is 1.87. The fourth-order valence-corrected chi connectivity index (χ4v) is 8.41. The van der Waals surface area contributed by atoms with Crippen LogP contribution < -0.4 is 0 Å². The highest BCUT2D eigenvalue weighted by molar-refractivity contribution is 7.25. The van der Waals surface area contributed by atoms with Crippen LogP contribution in [0.2, 0.25) is 0 Å². The van der Waals surface area contributed by atoms with Gasteiger partial charge in [0.25, 0.3) is 0 Å². The van der Waals surface area contributed by atoms with Crippen molar-refractivity contribution >= 4 is 64.1 Å². The molecule has 0 unspecified atom stereocenters. The Kier molecular flexibility index (Phi) is 4.39. The van der Waals surface area contributed by atoms with E-state index in [1.807, 2.05) is 11.3 Å². The van der Waals surface area contributed by atoms with Crippen molar-refractivity contribution in [3.05, 3.63) is 140 Å². The minimum absolute atomic E-state index is 1.19. The minimum Gasteiger partial charge on any atom is -0.309 e. The van der Waals surface area contributed by atoms with E-state index in [0.29, 0.717) is 0 Å². The second kappa shape index (κ2) is 8.19. The van der Waals surface area contributed by atoms with Gasteiger partial charge in [0, 0.05) is 36.6 Å². The summed E-state index contributed by atoms with van der Waals surface area (Å²) in [7, 11) is 0. The van der Waals surface area contributed by atoms with Gasteiger partial charge in [-0.05, 0) is 92.7 Å². The molecule has 194 valence electrons. The van der Waals surface area contributed by atoms with Crippen LogP contribution >= 0.6 is 11.3 Å². The average Bonchev–Trinajstić information content (AvgIpc) is 3.70. The highest BCUT2D eigenvalue weighted by atomic mass is 32.1. The third kappa shape index (κ3) is 2.92. The molecule has 0 radical (unpaired) electrons. The molecule has 2 aromatic heterocycles. The van der Waals surface area contributed by atoms with Gasteiger partial charge in [-0.15, -0.1) is 11.3 Å². The standard InChI is InChI=1S/C40H23NS/c1-2-9-26(10-3-1)41-35-19-17-24(25-18-20-38-32(21-25)29-13-6-7-16-37(29)42-38)22-34(35)40-31-15-8-14-30-27-11-4-5-12-28(27)33(39(30)31)23-36(40)41/h1-23H. The van der Waals surface area contributed by atoms with E-state index in [0.717, 1.165) is 0 Å². The minimum atomic E-state index is 1.19. The van der Waals surface area contributed by atoms with Crippen LogP contribution in [0.25, 0.3) is 91.8 Å². The number of rotatable bonds is 2. The Morgan fingerprint density at radius 1 is 0.381 bits per heavy atom. The fourth-order valence-electron chi connectivity index (χ4n) is 7.32. The van der Waals surface area contributed by atoms with Crippen LogP contribution in [-0.4, -0.2) is 4.57 Å². The van der Waals surface area contributed by atoms with Crippen LogP contribution in [0.3, 0.4) is 0 Å². The predicted octanol–water partition coefficient (Wildman–Crippen LogP) is 11.6. The van der Waals surface area contributed by atoms with Crippen LogP contribution in [0.5, 0.6) is 0 Å². The Morgan fingerprint density at radius 2 is 1.05 bits per heavy atom. The van der Waals surface area contributed by atoms with Crippen molar-refractivity contribution in [2.45, 2.75) is 0 Å². The lowest BCUT2D eigenvalue weighted by molar-refractivity contribution is 1.18. The summed E-state index contributed by atoms with van der Waals surface area (Å²) in [4.78, 5) is 0. The van der Waals surface area contributed by atoms with Crippen LogP contribution in [-0.2, 0) is 0 Å². The lowest BCUT2D eigenvalue weighted by atomic mass is 9.96. The zero-order valence-electron chi connectivity index (χ0n) is 22.6. The lowest BCUT2D eigenvalue weighted by Gasteiger charge is -2.10. The number of hydrogen-bond acceptors (Lipinski definition) is 1. The molecule has 0 spiro atoms. The maximum Gasteiger partial charge on any atom is 0.0553 e. The van der Waals surface area contributed by atoms with Gasteiger partial charge in [-0.1, -0.05) is 91.0 Å². The van der Waals surface area contributed by atoms with Gasteiger partial charge in [0.05, 0.1) is 11.0 Å². The number of para-hydroxylation sites is 1. The number of hydrogen-bond donors (Lipinski definition) is 0. The smallest absolute Gasteiger partial charge is 0.0553 e. The first-order valence-electron chi connectivity index (χ1n) is 14.4. The fraction of sp³-hybridized carbons (Fsp3) is 0. The van der Waals surface area contributed by atoms with Crippen molar-refractivity contribution in [1.82, 2.24) is 4.57 Å². The first kappa shape index (κ1) is 22.5. The molecule has 0 saturated heterocycles. The maximum atomic E-state index is 2.45. The Labute approximate surface area is 246 Å². The van der Waals surface area contributed by atoms with E-state index in [1.165, 1.54) is 91.8 Å². The lowest BCUT2D eigenvalue weighted by Crippen LogP contribution is -1.93. The first-order chi connectivity index (χ1) is 20.8. The monoisotopic (exact) mass is 549 g/mol. The number of thiophene rings is 1. The highest BCUT2D eigenvalue weighted by Gasteiger charge is 2.25. The van der Waals surface area contributed by atoms with Crippen molar-refractivity contribution < 1.29 is 0 Å². The zero-order chi connectivity index (χ0) is 27.4. The first-order valence-corrected chi connectivity index (χ1v) is 15.3. The summed E-state index contributed by atoms with van der Waals surface area (Å²) in [6.07, 6.45) is 0. The molecule has 0 bridgehead atoms. The van der Waals surface area contributed by atoms with E-state index < -0.39 is 0 Å². The van der Waals surface area contributed by atoms with Crippen molar-refractivity contribution in [2.24, 2.45) is 0 Å². The van der Waals surface area contributed by atoms with Crippen LogP contribution in [0.15, 0.2) is 140 Å². The Hall–Kier alpha value is -5.18. The van der Waals surface area contributed by atoms with Gasteiger partial charge in [-0.2, -0.15) is 0 Å². The van der Waals surface area contributed by atoms with Crippen LogP contribution in [0.1, 0.15) is 0 Å². The van der Waals surface area contributed by atoms with Gasteiger partial charge in [-0.25, -0.2) is 0 Å². The molecule has 1 nitrogen and oxygen atoms in total. The van der Waals surface area contributed by atoms with Gasteiger partial charge in [0.1, 0.15) is 0 Å². The van der Waals surface area contributed by atoms with E-state index in [-0.39, 0.29) is 0 Å². The van der Waals surface area contributed by atoms with Crippen molar-refractivity contribution in [1.29, 1.82) is 0 Å². The molecule has 0 amide bonds. The summed E-state index contributed by atoms with van der Waals surface area (Å²) in [6.45, 7) is 0. The SMILES string of the molecule is c1ccc(-n2c3ccc(-c4ccc5sc6ccccc6c5c4)cc3c3c4cccc5c4c(cc32)-c2ccccc2-5)cc1. The second-order valence-corrected chi connectivity index (χ2v) is 12.4. The molecule has 42 heavy (non-hydrogen) atoms. The molecule has 0 aliphatic heterocycles. The Morgan fingerprint density at radius 3 is 1.93 bits per heavy atom. The molecule has 0 saturated carbocycles. The summed E-state index contributed by atoms with van der Waals surface area (Å²) < 4.78 is 5.13. The Balaban J connectivity index is 1.32. The second-order valence-electron chi connectivity index (χ2n) is 11.3. The molecular formula is C40H23NS. The van der Waals surface area contributed by atoms with E-state index in [9.17, 15) is 0 Å². The molecule has 2 heterocycles. The zero-order valence-corrected chi connectivity index (χ0v) is 23.5. The number of nitrogens with zero attached hydrogens (tertiary/aromatic N) is 1. The number of fused-ring (bicyclic) bond motifs is 10. The maximum absolute atomic E-state index is 2.45. The molecule has 9 aromatic rings. The molecule has 0 fully saturated rings. The van der Waals surface area contributed by atoms with Crippen molar-refractivity contribution in [3.8, 4) is 39.1 Å². The highest BCUT2D eigenvalue weighted by Crippen LogP contribution is 2.51. The molecule has 0 atom stereocenters. The molecule has 7 aromatic carbocycles. The topological polar surface area (TPSA) is 4.93 Å². The van der Waals surface area contributed by atoms with Crippen LogP contribution in [0, 0.1) is 0 Å². The van der Waals surface area contributed by atoms with Crippen molar-refractivity contribution in [3.63, 3.8) is 0 Å². The van der Waals surface area contributed by atoms with Gasteiger partial charge in [0.15, 0.2) is 0 Å². The van der Waals surface area contributed by atoms with Gasteiger partial charge in [-0.3, -0.25) is 0 Å². The van der Waals surface area contributed by atoms with E-state index in [2.05, 4.69) is 144 Å². The third-order valence-electron chi connectivity index (χ3n) is 9.12. The molecular weight excluding hydrogens is 527 g/mol. The van der Waals surface area contributed by atoms with Gasteiger partial charge < -0.3 is 4.57 Å². The quantitative estimate of drug-likeness (QED) is 0.202. The summed E-state index contributed by atoms with van der Waals surface area (Å²) in [5.74, 6) is 0. The molecule has 0 N–H and O–H groups in total. The molecule has 1 aliphatic rings. The Bertz CT molecular complexity index is 2560. The summed E-state index contributed by atoms with van der Waals surface area (Å²) in [5, 5.41) is 7.99. The predicted molar refractivity (Wildman–Crippen MR) is 181 cm³/mol. The number of aromatic nitrogens is 1. The summed E-state index contributed by atoms with van der Waals surface area (Å²) in [5.41, 5.74) is 11.5. The summed E-state index contributed by atoms with van der Waals surface area (Å²) in [6, 6.07) is 51.7. The largest absolute Gasteiger partial charge is 0.309 e. The molecule has 2 heteroatoms. The van der Waals surface area contributed by atoms with Crippen molar-refractivity contribution in [2.75, 3.05) is 0 Å². The van der Waals surface area contributed by atoms with Crippen LogP contribution in [0.4, 0.5) is 0 Å². The van der Waals surface area contributed by atoms with E-state index in [1.54, 1.807) is 0 Å². The van der Waals surface area contributed by atoms with Gasteiger partial charge in [0.2, 0.25) is 0 Å². The molecule has 1 aliphatic carbocycles. The molecule has 10 rings (SSSR count). The third-order valence-corrected chi connectivity index (χ3v) is 10.3. The average molecular weight is 550 g/mol.